The van der Waals surface area contributed by atoms with Gasteiger partial charge in [-0.05, 0) is 78.1 Å². The van der Waals surface area contributed by atoms with Crippen molar-refractivity contribution >= 4 is 60.7 Å². The summed E-state index contributed by atoms with van der Waals surface area (Å²) < 4.78 is 29.0. The third kappa shape index (κ3) is 6.61. The van der Waals surface area contributed by atoms with E-state index in [2.05, 4.69) is 21.2 Å². The molecule has 0 radical (unpaired) electrons. The molecule has 5 nitrogen and oxygen atoms in total. The van der Waals surface area contributed by atoms with E-state index in [0.29, 0.717) is 15.6 Å². The number of benzene rings is 3. The molecular weight excluding hydrogens is 559 g/mol. The Morgan fingerprint density at radius 2 is 1.56 bits per heavy atom. The van der Waals surface area contributed by atoms with Crippen LogP contribution in [-0.2, 0) is 34.2 Å². The average Bonchev–Trinajstić information content (AvgIpc) is 2.79. The van der Waals surface area contributed by atoms with Gasteiger partial charge >= 0.3 is 0 Å². The second-order valence-electron chi connectivity index (χ2n) is 7.71. The number of rotatable bonds is 9. The normalized spacial score (nSPS) is 11.6. The van der Waals surface area contributed by atoms with Crippen LogP contribution in [0.2, 0.25) is 10.0 Å². The van der Waals surface area contributed by atoms with Crippen molar-refractivity contribution in [2.75, 3.05) is 11.9 Å². The highest BCUT2D eigenvalue weighted by Crippen LogP contribution is 2.28. The zero-order valence-electron chi connectivity index (χ0n) is 18.8. The summed E-state index contributed by atoms with van der Waals surface area (Å²) in [7, 11) is -3.99. The number of halogens is 3. The Labute approximate surface area is 219 Å². The molecule has 0 fully saturated rings. The van der Waals surface area contributed by atoms with Gasteiger partial charge in [-0.1, -0.05) is 65.1 Å². The Morgan fingerprint density at radius 3 is 2.12 bits per heavy atom. The molecule has 0 unspecified atom stereocenters. The number of anilines is 1. The largest absolute Gasteiger partial charge is 0.324 e. The van der Waals surface area contributed by atoms with Crippen molar-refractivity contribution in [3.05, 3.63) is 91.9 Å². The second-order valence-corrected chi connectivity index (χ2v) is 11.4. The number of nitrogens with one attached hydrogen (secondary N) is 1. The molecular formula is C25H25BrCl2N2O3S. The highest BCUT2D eigenvalue weighted by Gasteiger charge is 2.27. The standard InChI is InChI=1S/C25H25BrCl2N2O3S/c1-3-18-13-20(26)14-19(4-2)25(18)29-24(31)16-30(15-17-6-5-7-22(28)12-17)34(32,33)23-10-8-21(27)9-11-23/h5-14H,3-4,15-16H2,1-2H3,(H,29,31). The van der Waals surface area contributed by atoms with Crippen LogP contribution >= 0.6 is 39.1 Å². The predicted molar refractivity (Wildman–Crippen MR) is 142 cm³/mol. The molecule has 180 valence electrons. The van der Waals surface area contributed by atoms with E-state index in [1.807, 2.05) is 26.0 Å². The van der Waals surface area contributed by atoms with Crippen LogP contribution in [0.15, 0.2) is 70.0 Å². The molecule has 3 aromatic rings. The van der Waals surface area contributed by atoms with Gasteiger partial charge in [-0.3, -0.25) is 4.79 Å². The van der Waals surface area contributed by atoms with E-state index in [4.69, 9.17) is 23.2 Å². The topological polar surface area (TPSA) is 66.5 Å². The van der Waals surface area contributed by atoms with Crippen LogP contribution in [0.4, 0.5) is 5.69 Å². The van der Waals surface area contributed by atoms with E-state index in [1.165, 1.54) is 24.3 Å². The van der Waals surface area contributed by atoms with Crippen LogP contribution in [0.25, 0.3) is 0 Å². The van der Waals surface area contributed by atoms with E-state index in [0.717, 1.165) is 38.4 Å². The summed E-state index contributed by atoms with van der Waals surface area (Å²) in [5.74, 6) is -0.425. The number of nitrogens with zero attached hydrogens (tertiary/aromatic N) is 1. The monoisotopic (exact) mass is 582 g/mol. The van der Waals surface area contributed by atoms with Gasteiger partial charge in [0.1, 0.15) is 0 Å². The van der Waals surface area contributed by atoms with Crippen molar-refractivity contribution in [3.8, 4) is 0 Å². The van der Waals surface area contributed by atoms with Gasteiger partial charge in [0.2, 0.25) is 15.9 Å². The summed E-state index contributed by atoms with van der Waals surface area (Å²) in [6, 6.07) is 16.7. The second kappa shape index (κ2) is 11.7. The molecule has 0 aromatic heterocycles. The highest BCUT2D eigenvalue weighted by atomic mass is 79.9. The fourth-order valence-electron chi connectivity index (χ4n) is 3.60. The Morgan fingerprint density at radius 1 is 0.941 bits per heavy atom. The van der Waals surface area contributed by atoms with Crippen molar-refractivity contribution in [2.24, 2.45) is 0 Å². The van der Waals surface area contributed by atoms with Gasteiger partial charge in [0.15, 0.2) is 0 Å². The lowest BCUT2D eigenvalue weighted by molar-refractivity contribution is -0.116. The molecule has 9 heteroatoms. The van der Waals surface area contributed by atoms with Crippen molar-refractivity contribution in [1.29, 1.82) is 0 Å². The van der Waals surface area contributed by atoms with Crippen molar-refractivity contribution < 1.29 is 13.2 Å². The van der Waals surface area contributed by atoms with Crippen molar-refractivity contribution in [2.45, 2.75) is 38.1 Å². The first-order valence-electron chi connectivity index (χ1n) is 10.7. The molecule has 1 amide bonds. The van der Waals surface area contributed by atoms with Gasteiger partial charge in [0, 0.05) is 26.8 Å². The van der Waals surface area contributed by atoms with Crippen LogP contribution < -0.4 is 5.32 Å². The Bertz CT molecular complexity index is 1260. The minimum Gasteiger partial charge on any atom is -0.324 e. The summed E-state index contributed by atoms with van der Waals surface area (Å²) in [6.07, 6.45) is 1.44. The molecule has 0 aliphatic rings. The maximum atomic E-state index is 13.5. The first kappa shape index (κ1) is 26.7. The first-order chi connectivity index (χ1) is 16.1. The summed E-state index contributed by atoms with van der Waals surface area (Å²) in [4.78, 5) is 13.2. The lowest BCUT2D eigenvalue weighted by Crippen LogP contribution is -2.37. The lowest BCUT2D eigenvalue weighted by Gasteiger charge is -2.23. The van der Waals surface area contributed by atoms with Gasteiger partial charge in [-0.25, -0.2) is 8.42 Å². The van der Waals surface area contributed by atoms with Crippen LogP contribution in [-0.4, -0.2) is 25.2 Å². The molecule has 0 bridgehead atoms. The van der Waals surface area contributed by atoms with Gasteiger partial charge < -0.3 is 5.32 Å². The molecule has 0 aliphatic carbocycles. The summed E-state index contributed by atoms with van der Waals surface area (Å²) >= 11 is 15.6. The predicted octanol–water partition coefficient (Wildman–Crippen LogP) is 6.71. The number of carbonyl (C=O) groups excluding carboxylic acids is 1. The average molecular weight is 584 g/mol. The lowest BCUT2D eigenvalue weighted by atomic mass is 10.0. The molecule has 0 heterocycles. The third-order valence-electron chi connectivity index (χ3n) is 5.31. The zero-order chi connectivity index (χ0) is 24.9. The Balaban J connectivity index is 1.94. The fourth-order valence-corrected chi connectivity index (χ4v) is 5.88. The number of amides is 1. The minimum absolute atomic E-state index is 0.0133. The number of aryl methyl sites for hydroxylation is 2. The van der Waals surface area contributed by atoms with Gasteiger partial charge in [-0.15, -0.1) is 0 Å². The quantitative estimate of drug-likeness (QED) is 0.304. The number of sulfonamides is 1. The zero-order valence-corrected chi connectivity index (χ0v) is 22.7. The van der Waals surface area contributed by atoms with E-state index < -0.39 is 15.9 Å². The maximum Gasteiger partial charge on any atom is 0.243 e. The number of hydrogen-bond acceptors (Lipinski definition) is 3. The summed E-state index contributed by atoms with van der Waals surface area (Å²) in [5, 5.41) is 3.87. The summed E-state index contributed by atoms with van der Waals surface area (Å²) in [5.41, 5.74) is 3.35. The van der Waals surface area contributed by atoms with E-state index in [9.17, 15) is 13.2 Å². The first-order valence-corrected chi connectivity index (χ1v) is 13.7. The molecule has 1 N–H and O–H groups in total. The molecule has 0 saturated heterocycles. The minimum atomic E-state index is -3.99. The fraction of sp³-hybridized carbons (Fsp3) is 0.240. The smallest absolute Gasteiger partial charge is 0.243 e. The Kier molecular flexibility index (Phi) is 9.18. The van der Waals surface area contributed by atoms with Crippen LogP contribution in [0.5, 0.6) is 0 Å². The Hall–Kier alpha value is -1.90. The van der Waals surface area contributed by atoms with Gasteiger partial charge in [0.05, 0.1) is 11.4 Å². The molecule has 3 rings (SSSR count). The third-order valence-corrected chi connectivity index (χ3v) is 8.06. The molecule has 34 heavy (non-hydrogen) atoms. The van der Waals surface area contributed by atoms with Crippen LogP contribution in [0.1, 0.15) is 30.5 Å². The molecule has 0 spiro atoms. The van der Waals surface area contributed by atoms with Gasteiger partial charge in [-0.2, -0.15) is 4.31 Å². The van der Waals surface area contributed by atoms with E-state index >= 15 is 0 Å². The molecule has 0 aliphatic heterocycles. The summed E-state index contributed by atoms with van der Waals surface area (Å²) in [6.45, 7) is 3.64. The van der Waals surface area contributed by atoms with E-state index in [1.54, 1.807) is 24.3 Å². The highest BCUT2D eigenvalue weighted by molar-refractivity contribution is 9.10. The molecule has 0 atom stereocenters. The number of hydrogen-bond donors (Lipinski definition) is 1. The van der Waals surface area contributed by atoms with E-state index in [-0.39, 0.29) is 18.0 Å². The number of carbonyl (C=O) groups is 1. The molecule has 3 aromatic carbocycles. The van der Waals surface area contributed by atoms with Crippen LogP contribution in [0.3, 0.4) is 0 Å². The molecule has 0 saturated carbocycles. The SMILES string of the molecule is CCc1cc(Br)cc(CC)c1NC(=O)CN(Cc1cccc(Cl)c1)S(=O)(=O)c1ccc(Cl)cc1. The van der Waals surface area contributed by atoms with Crippen molar-refractivity contribution in [1.82, 2.24) is 4.31 Å². The maximum absolute atomic E-state index is 13.5. The van der Waals surface area contributed by atoms with Crippen LogP contribution in [0, 0.1) is 0 Å². The van der Waals surface area contributed by atoms with Gasteiger partial charge in [0.25, 0.3) is 0 Å². The van der Waals surface area contributed by atoms with Crippen molar-refractivity contribution in [3.63, 3.8) is 0 Å².